The Morgan fingerprint density at radius 3 is 2.32 bits per heavy atom. The van der Waals surface area contributed by atoms with Gasteiger partial charge in [0, 0.05) is 12.1 Å². The predicted molar refractivity (Wildman–Crippen MR) is 106 cm³/mol. The molecule has 146 valence electrons. The Bertz CT molecular complexity index is 874. The average molecular weight is 381 g/mol. The number of halogens is 1. The lowest BCUT2D eigenvalue weighted by molar-refractivity contribution is -0.139. The fourth-order valence-corrected chi connectivity index (χ4v) is 3.56. The van der Waals surface area contributed by atoms with Crippen LogP contribution in [0.2, 0.25) is 0 Å². The summed E-state index contributed by atoms with van der Waals surface area (Å²) in [6.45, 7) is 2.52. The number of likely N-dealkylation sites (tertiary alicyclic amines) is 1. The van der Waals surface area contributed by atoms with E-state index in [2.05, 4.69) is 6.92 Å². The first-order chi connectivity index (χ1) is 13.5. The molecule has 1 fully saturated rings. The maximum Gasteiger partial charge on any atom is 0.295 e. The number of hydrogen-bond acceptors (Lipinski definition) is 3. The lowest BCUT2D eigenvalue weighted by atomic mass is 9.95. The van der Waals surface area contributed by atoms with Crippen LogP contribution in [0.4, 0.5) is 4.39 Å². The monoisotopic (exact) mass is 381 g/mol. The van der Waals surface area contributed by atoms with E-state index >= 15 is 0 Å². The summed E-state index contributed by atoms with van der Waals surface area (Å²) in [6, 6.07) is 13.7. The summed E-state index contributed by atoms with van der Waals surface area (Å²) in [5, 5.41) is 10.8. The third kappa shape index (κ3) is 3.98. The summed E-state index contributed by atoms with van der Waals surface area (Å²) in [5.74, 6) is -1.93. The van der Waals surface area contributed by atoms with Crippen molar-refractivity contribution in [1.29, 1.82) is 0 Å². The first kappa shape index (κ1) is 19.8. The minimum Gasteiger partial charge on any atom is -0.507 e. The van der Waals surface area contributed by atoms with Crippen molar-refractivity contribution in [3.63, 3.8) is 0 Å². The van der Waals surface area contributed by atoms with Crippen LogP contribution in [-0.2, 0) is 9.59 Å². The molecule has 0 saturated carbocycles. The van der Waals surface area contributed by atoms with Gasteiger partial charge >= 0.3 is 0 Å². The zero-order valence-electron chi connectivity index (χ0n) is 15.9. The Labute approximate surface area is 164 Å². The molecule has 1 saturated heterocycles. The highest BCUT2D eigenvalue weighted by molar-refractivity contribution is 6.46. The predicted octanol–water partition coefficient (Wildman–Crippen LogP) is 4.83. The van der Waals surface area contributed by atoms with Crippen molar-refractivity contribution in [2.75, 3.05) is 6.54 Å². The van der Waals surface area contributed by atoms with Gasteiger partial charge in [-0.2, -0.15) is 0 Å². The molecule has 28 heavy (non-hydrogen) atoms. The highest BCUT2D eigenvalue weighted by Gasteiger charge is 2.45. The van der Waals surface area contributed by atoms with Gasteiger partial charge in [0.2, 0.25) is 0 Å². The van der Waals surface area contributed by atoms with Gasteiger partial charge in [0.15, 0.2) is 0 Å². The van der Waals surface area contributed by atoms with Gasteiger partial charge in [-0.05, 0) is 24.1 Å². The Hall–Kier alpha value is -2.95. The molecule has 1 heterocycles. The molecule has 1 amide bonds. The quantitative estimate of drug-likeness (QED) is 0.323. The van der Waals surface area contributed by atoms with Crippen LogP contribution >= 0.6 is 0 Å². The molecule has 0 bridgehead atoms. The van der Waals surface area contributed by atoms with Gasteiger partial charge in [0.1, 0.15) is 11.6 Å². The molecule has 1 atom stereocenters. The first-order valence-electron chi connectivity index (χ1n) is 9.64. The number of rotatable bonds is 7. The summed E-state index contributed by atoms with van der Waals surface area (Å²) in [7, 11) is 0. The third-order valence-electron chi connectivity index (χ3n) is 5.03. The zero-order chi connectivity index (χ0) is 20.1. The van der Waals surface area contributed by atoms with Crippen molar-refractivity contribution in [3.05, 3.63) is 77.1 Å². The highest BCUT2D eigenvalue weighted by atomic mass is 19.1. The Balaban J connectivity index is 2.04. The molecule has 0 spiro atoms. The summed E-state index contributed by atoms with van der Waals surface area (Å²) in [6.07, 6.45) is 3.83. The van der Waals surface area contributed by atoms with E-state index in [-0.39, 0.29) is 11.3 Å². The van der Waals surface area contributed by atoms with Crippen molar-refractivity contribution < 1.29 is 19.1 Å². The van der Waals surface area contributed by atoms with E-state index in [0.29, 0.717) is 17.7 Å². The van der Waals surface area contributed by atoms with E-state index in [0.717, 1.165) is 25.7 Å². The number of benzene rings is 2. The Morgan fingerprint density at radius 1 is 1.00 bits per heavy atom. The van der Waals surface area contributed by atoms with Crippen molar-refractivity contribution in [1.82, 2.24) is 4.90 Å². The van der Waals surface area contributed by atoms with Crippen LogP contribution in [0.25, 0.3) is 5.76 Å². The minimum atomic E-state index is -0.720. The van der Waals surface area contributed by atoms with Gasteiger partial charge in [0.25, 0.3) is 11.7 Å². The molecule has 1 aliphatic rings. The molecule has 0 aromatic heterocycles. The number of ketones is 1. The number of amides is 1. The van der Waals surface area contributed by atoms with Crippen molar-refractivity contribution in [2.24, 2.45) is 0 Å². The average Bonchev–Trinajstić information content (AvgIpc) is 2.97. The van der Waals surface area contributed by atoms with E-state index in [1.807, 2.05) is 0 Å². The SMILES string of the molecule is CCCCCCN1C(=O)C(=O)C(=C(O)c2ccccc2)C1c1ccc(F)cc1. The van der Waals surface area contributed by atoms with Crippen LogP contribution in [0, 0.1) is 5.82 Å². The number of Topliss-reactive ketones (excluding diaryl/α,β-unsaturated/α-hetero) is 1. The second-order valence-electron chi connectivity index (χ2n) is 6.97. The Kier molecular flexibility index (Phi) is 6.24. The van der Waals surface area contributed by atoms with E-state index < -0.39 is 23.5 Å². The summed E-state index contributed by atoms with van der Waals surface area (Å²) in [4.78, 5) is 27.0. The number of carbonyl (C=O) groups is 2. The second kappa shape index (κ2) is 8.83. The summed E-state index contributed by atoms with van der Waals surface area (Å²) >= 11 is 0. The van der Waals surface area contributed by atoms with Gasteiger partial charge in [-0.3, -0.25) is 9.59 Å². The first-order valence-corrected chi connectivity index (χ1v) is 9.64. The van der Waals surface area contributed by atoms with Crippen LogP contribution in [0.5, 0.6) is 0 Å². The van der Waals surface area contributed by atoms with Crippen LogP contribution in [0.1, 0.15) is 49.8 Å². The van der Waals surface area contributed by atoms with Gasteiger partial charge in [0.05, 0.1) is 11.6 Å². The number of unbranched alkanes of at least 4 members (excludes halogenated alkanes) is 3. The van der Waals surface area contributed by atoms with Crippen molar-refractivity contribution >= 4 is 17.4 Å². The molecule has 3 rings (SSSR count). The zero-order valence-corrected chi connectivity index (χ0v) is 15.9. The van der Waals surface area contributed by atoms with E-state index in [1.54, 1.807) is 42.5 Å². The molecule has 0 aliphatic carbocycles. The topological polar surface area (TPSA) is 57.6 Å². The Morgan fingerprint density at radius 2 is 1.68 bits per heavy atom. The maximum absolute atomic E-state index is 13.4. The fourth-order valence-electron chi connectivity index (χ4n) is 3.56. The maximum atomic E-state index is 13.4. The van der Waals surface area contributed by atoms with Gasteiger partial charge in [-0.1, -0.05) is 68.7 Å². The molecule has 4 nitrogen and oxygen atoms in total. The number of aliphatic hydroxyl groups is 1. The fraction of sp³-hybridized carbons (Fsp3) is 0.304. The molecule has 0 radical (unpaired) electrons. The number of nitrogens with zero attached hydrogens (tertiary/aromatic N) is 1. The standard InChI is InChI=1S/C23H24FNO3/c1-2-3-4-8-15-25-20(16-11-13-18(24)14-12-16)19(22(27)23(25)28)21(26)17-9-6-5-7-10-17/h5-7,9-14,20,26H,2-4,8,15H2,1H3. The van der Waals surface area contributed by atoms with Crippen LogP contribution < -0.4 is 0 Å². The highest BCUT2D eigenvalue weighted by Crippen LogP contribution is 2.39. The van der Waals surface area contributed by atoms with E-state index in [1.165, 1.54) is 17.0 Å². The van der Waals surface area contributed by atoms with Gasteiger partial charge in [-0.25, -0.2) is 4.39 Å². The molecular formula is C23H24FNO3. The molecule has 1 unspecified atom stereocenters. The molecule has 2 aromatic carbocycles. The minimum absolute atomic E-state index is 0.0540. The van der Waals surface area contributed by atoms with E-state index in [9.17, 15) is 19.1 Å². The van der Waals surface area contributed by atoms with Crippen LogP contribution in [-0.4, -0.2) is 28.2 Å². The molecular weight excluding hydrogens is 357 g/mol. The normalized spacial score (nSPS) is 18.6. The number of aliphatic hydroxyl groups excluding tert-OH is 1. The molecule has 2 aromatic rings. The lowest BCUT2D eigenvalue weighted by Gasteiger charge is -2.25. The van der Waals surface area contributed by atoms with Crippen LogP contribution in [0.15, 0.2) is 60.2 Å². The smallest absolute Gasteiger partial charge is 0.295 e. The van der Waals surface area contributed by atoms with Crippen molar-refractivity contribution in [3.8, 4) is 0 Å². The lowest BCUT2D eigenvalue weighted by Crippen LogP contribution is -2.30. The largest absolute Gasteiger partial charge is 0.507 e. The summed E-state index contributed by atoms with van der Waals surface area (Å²) in [5.41, 5.74) is 1.13. The van der Waals surface area contributed by atoms with Crippen molar-refractivity contribution in [2.45, 2.75) is 38.6 Å². The molecule has 1 aliphatic heterocycles. The second-order valence-corrected chi connectivity index (χ2v) is 6.97. The molecule has 1 N–H and O–H groups in total. The van der Waals surface area contributed by atoms with Crippen LogP contribution in [0.3, 0.4) is 0 Å². The van der Waals surface area contributed by atoms with E-state index in [4.69, 9.17) is 0 Å². The summed E-state index contributed by atoms with van der Waals surface area (Å²) < 4.78 is 13.4. The third-order valence-corrected chi connectivity index (χ3v) is 5.03. The molecule has 5 heteroatoms. The van der Waals surface area contributed by atoms with Gasteiger partial charge < -0.3 is 10.0 Å². The number of hydrogen-bond donors (Lipinski definition) is 1. The number of carbonyl (C=O) groups excluding carboxylic acids is 2. The van der Waals surface area contributed by atoms with Gasteiger partial charge in [-0.15, -0.1) is 0 Å².